The molecule has 1 amide bonds. The first-order valence-electron chi connectivity index (χ1n) is 6.68. The molecule has 4 nitrogen and oxygen atoms in total. The third-order valence-corrected chi connectivity index (χ3v) is 3.83. The molecule has 0 radical (unpaired) electrons. The van der Waals surface area contributed by atoms with Gasteiger partial charge in [-0.25, -0.2) is 0 Å². The second kappa shape index (κ2) is 8.07. The summed E-state index contributed by atoms with van der Waals surface area (Å²) in [6.45, 7) is 0.260. The van der Waals surface area contributed by atoms with Crippen LogP contribution < -0.4 is 10.5 Å². The number of amides is 1. The predicted octanol–water partition coefficient (Wildman–Crippen LogP) is 4.62. The zero-order chi connectivity index (χ0) is 17.7. The minimum absolute atomic E-state index is 0.197. The van der Waals surface area contributed by atoms with E-state index in [-0.39, 0.29) is 22.2 Å². The number of carbonyl (C=O) groups is 1. The van der Waals surface area contributed by atoms with Gasteiger partial charge in [-0.1, -0.05) is 46.9 Å². The molecule has 0 aliphatic heterocycles. The first-order chi connectivity index (χ1) is 11.4. The van der Waals surface area contributed by atoms with Crippen molar-refractivity contribution in [1.82, 2.24) is 0 Å². The van der Waals surface area contributed by atoms with Gasteiger partial charge in [-0.3, -0.25) is 4.79 Å². The summed E-state index contributed by atoms with van der Waals surface area (Å²) in [5.41, 5.74) is 6.27. The first-order valence-corrected chi connectivity index (χ1v) is 7.82. The number of ether oxygens (including phenoxy) is 1. The second-order valence-electron chi connectivity index (χ2n) is 4.76. The van der Waals surface area contributed by atoms with Crippen molar-refractivity contribution < 1.29 is 9.53 Å². The van der Waals surface area contributed by atoms with Gasteiger partial charge >= 0.3 is 0 Å². The van der Waals surface area contributed by atoms with Crippen LogP contribution in [0.2, 0.25) is 15.1 Å². The summed E-state index contributed by atoms with van der Waals surface area (Å²) in [7, 11) is 0. The maximum Gasteiger partial charge on any atom is 0.259 e. The van der Waals surface area contributed by atoms with E-state index < -0.39 is 5.91 Å². The highest BCUT2D eigenvalue weighted by molar-refractivity contribution is 6.37. The van der Waals surface area contributed by atoms with E-state index >= 15 is 0 Å². The van der Waals surface area contributed by atoms with Crippen LogP contribution in [-0.2, 0) is 11.4 Å². The lowest BCUT2D eigenvalue weighted by atomic mass is 10.1. The van der Waals surface area contributed by atoms with Crippen molar-refractivity contribution in [3.8, 4) is 11.8 Å². The van der Waals surface area contributed by atoms with Crippen LogP contribution in [0.15, 0.2) is 42.0 Å². The lowest BCUT2D eigenvalue weighted by molar-refractivity contribution is -0.114. The summed E-state index contributed by atoms with van der Waals surface area (Å²) in [5, 5.41) is 10.0. The minimum Gasteiger partial charge on any atom is -0.486 e. The van der Waals surface area contributed by atoms with Crippen molar-refractivity contribution in [3.05, 3.63) is 68.2 Å². The molecule has 0 heterocycles. The van der Waals surface area contributed by atoms with Crippen LogP contribution in [0.4, 0.5) is 0 Å². The molecule has 0 aliphatic carbocycles. The Balaban J connectivity index is 2.22. The molecule has 7 heteroatoms. The summed E-state index contributed by atoms with van der Waals surface area (Å²) in [6.07, 6.45) is 1.31. The van der Waals surface area contributed by atoms with E-state index in [1.165, 1.54) is 18.2 Å². The Bertz CT molecular complexity index is 817. The Hall–Kier alpha value is -2.19. The fourth-order valence-electron chi connectivity index (χ4n) is 1.86. The average Bonchev–Trinajstić information content (AvgIpc) is 2.53. The number of rotatable bonds is 5. The van der Waals surface area contributed by atoms with Gasteiger partial charge in [0.2, 0.25) is 0 Å². The summed E-state index contributed by atoms with van der Waals surface area (Å²) in [4.78, 5) is 11.1. The van der Waals surface area contributed by atoms with Crippen molar-refractivity contribution in [1.29, 1.82) is 5.26 Å². The molecule has 0 unspecified atom stereocenters. The Labute approximate surface area is 154 Å². The molecule has 0 saturated heterocycles. The van der Waals surface area contributed by atoms with Crippen molar-refractivity contribution in [2.75, 3.05) is 0 Å². The minimum atomic E-state index is -0.826. The van der Waals surface area contributed by atoms with Crippen molar-refractivity contribution in [2.45, 2.75) is 6.61 Å². The topological polar surface area (TPSA) is 76.1 Å². The highest BCUT2D eigenvalue weighted by Crippen LogP contribution is 2.35. The van der Waals surface area contributed by atoms with Crippen LogP contribution >= 0.6 is 34.8 Å². The molecule has 24 heavy (non-hydrogen) atoms. The van der Waals surface area contributed by atoms with Gasteiger partial charge in [0.25, 0.3) is 5.91 Å². The molecule has 0 aromatic heterocycles. The van der Waals surface area contributed by atoms with Gasteiger partial charge in [-0.2, -0.15) is 5.26 Å². The van der Waals surface area contributed by atoms with Crippen LogP contribution in [0.1, 0.15) is 11.1 Å². The molecule has 0 spiro atoms. The smallest absolute Gasteiger partial charge is 0.259 e. The molecule has 0 saturated carbocycles. The van der Waals surface area contributed by atoms with E-state index in [4.69, 9.17) is 50.5 Å². The molecular formula is C17H11Cl3N2O2. The molecule has 0 fully saturated rings. The van der Waals surface area contributed by atoms with Crippen LogP contribution in [0.25, 0.3) is 6.08 Å². The molecule has 122 valence electrons. The van der Waals surface area contributed by atoms with Gasteiger partial charge in [0.1, 0.15) is 18.2 Å². The lowest BCUT2D eigenvalue weighted by Crippen LogP contribution is -2.12. The fraction of sp³-hybridized carbons (Fsp3) is 0.0588. The van der Waals surface area contributed by atoms with E-state index in [1.807, 2.05) is 12.1 Å². The van der Waals surface area contributed by atoms with Gasteiger partial charge in [0.05, 0.1) is 10.0 Å². The maximum absolute atomic E-state index is 11.1. The largest absolute Gasteiger partial charge is 0.486 e. The normalized spacial score (nSPS) is 11.0. The van der Waals surface area contributed by atoms with Gasteiger partial charge in [-0.05, 0) is 41.5 Å². The number of nitriles is 1. The molecule has 2 rings (SSSR count). The summed E-state index contributed by atoms with van der Waals surface area (Å²) in [6, 6.07) is 11.9. The van der Waals surface area contributed by atoms with E-state index in [0.29, 0.717) is 16.3 Å². The highest BCUT2D eigenvalue weighted by atomic mass is 35.5. The fourth-order valence-corrected chi connectivity index (χ4v) is 2.60. The molecule has 2 N–H and O–H groups in total. The molecule has 0 bridgehead atoms. The number of hydrogen-bond donors (Lipinski definition) is 1. The highest BCUT2D eigenvalue weighted by Gasteiger charge is 2.11. The molecule has 0 atom stereocenters. The van der Waals surface area contributed by atoms with E-state index in [9.17, 15) is 4.79 Å². The summed E-state index contributed by atoms with van der Waals surface area (Å²) >= 11 is 18.2. The number of nitrogens with two attached hydrogens (primary N) is 1. The monoisotopic (exact) mass is 380 g/mol. The SMILES string of the molecule is N#C/C(=C\c1cc(Cl)c(OCc2ccc(Cl)cc2)c(Cl)c1)C(N)=O. The van der Waals surface area contributed by atoms with Crippen molar-refractivity contribution >= 4 is 46.8 Å². The average molecular weight is 382 g/mol. The maximum atomic E-state index is 11.1. The van der Waals surface area contributed by atoms with Crippen molar-refractivity contribution in [2.24, 2.45) is 5.73 Å². The molecule has 2 aromatic rings. The third kappa shape index (κ3) is 4.65. The number of halogens is 3. The van der Waals surface area contributed by atoms with E-state index in [1.54, 1.807) is 18.2 Å². The predicted molar refractivity (Wildman–Crippen MR) is 95.0 cm³/mol. The van der Waals surface area contributed by atoms with Crippen LogP contribution in [-0.4, -0.2) is 5.91 Å². The van der Waals surface area contributed by atoms with Gasteiger partial charge < -0.3 is 10.5 Å². The number of nitrogens with zero attached hydrogens (tertiary/aromatic N) is 1. The standard InChI is InChI=1S/C17H11Cl3N2O2/c18-13-3-1-10(2-4-13)9-24-16-14(19)6-11(7-15(16)20)5-12(8-21)17(22)23/h1-7H,9H2,(H2,22,23)/b12-5+. The molecular weight excluding hydrogens is 371 g/mol. The van der Waals surface area contributed by atoms with E-state index in [0.717, 1.165) is 5.56 Å². The number of benzene rings is 2. The van der Waals surface area contributed by atoms with E-state index in [2.05, 4.69) is 0 Å². The summed E-state index contributed by atoms with van der Waals surface area (Å²) < 4.78 is 5.64. The number of carbonyl (C=O) groups excluding carboxylic acids is 1. The van der Waals surface area contributed by atoms with Gasteiger partial charge in [0, 0.05) is 5.02 Å². The van der Waals surface area contributed by atoms with Crippen LogP contribution in [0.5, 0.6) is 5.75 Å². The van der Waals surface area contributed by atoms with Crippen LogP contribution in [0, 0.1) is 11.3 Å². The van der Waals surface area contributed by atoms with Gasteiger partial charge in [-0.15, -0.1) is 0 Å². The van der Waals surface area contributed by atoms with Crippen LogP contribution in [0.3, 0.4) is 0 Å². The Kier molecular flexibility index (Phi) is 6.10. The Morgan fingerprint density at radius 1 is 1.17 bits per heavy atom. The van der Waals surface area contributed by atoms with Crippen molar-refractivity contribution in [3.63, 3.8) is 0 Å². The third-order valence-electron chi connectivity index (χ3n) is 3.01. The lowest BCUT2D eigenvalue weighted by Gasteiger charge is -2.11. The van der Waals surface area contributed by atoms with Gasteiger partial charge in [0.15, 0.2) is 5.75 Å². The second-order valence-corrected chi connectivity index (χ2v) is 6.01. The zero-order valence-electron chi connectivity index (χ0n) is 12.2. The molecule has 2 aromatic carbocycles. The number of primary amides is 1. The Morgan fingerprint density at radius 3 is 2.25 bits per heavy atom. The summed E-state index contributed by atoms with van der Waals surface area (Å²) in [5.74, 6) is -0.518. The quantitative estimate of drug-likeness (QED) is 0.606. The Morgan fingerprint density at radius 2 is 1.75 bits per heavy atom. The molecule has 0 aliphatic rings. The number of hydrogen-bond acceptors (Lipinski definition) is 3. The zero-order valence-corrected chi connectivity index (χ0v) is 14.5. The first kappa shape index (κ1) is 18.2.